The second-order valence-corrected chi connectivity index (χ2v) is 12.4. The summed E-state index contributed by atoms with van der Waals surface area (Å²) in [6.45, 7) is 7.88. The first-order valence-electron chi connectivity index (χ1n) is 13.9. The van der Waals surface area contributed by atoms with E-state index in [1.807, 2.05) is 24.5 Å². The highest BCUT2D eigenvalue weighted by atomic mass is 32.2. The van der Waals surface area contributed by atoms with Crippen molar-refractivity contribution in [2.24, 2.45) is 5.92 Å². The molecular formula is C29H37N7O3S. The Morgan fingerprint density at radius 2 is 1.88 bits per heavy atom. The molecule has 11 heteroatoms. The largest absolute Gasteiger partial charge is 0.371 e. The molecule has 0 radical (unpaired) electrons. The Morgan fingerprint density at radius 3 is 2.60 bits per heavy atom. The van der Waals surface area contributed by atoms with E-state index in [1.54, 1.807) is 37.5 Å². The molecule has 1 amide bonds. The summed E-state index contributed by atoms with van der Waals surface area (Å²) in [7, 11) is -3.45. The first-order chi connectivity index (χ1) is 19.2. The number of pyridine rings is 1. The quantitative estimate of drug-likeness (QED) is 0.387. The maximum Gasteiger partial charge on any atom is 0.258 e. The van der Waals surface area contributed by atoms with Crippen molar-refractivity contribution in [2.45, 2.75) is 46.5 Å². The van der Waals surface area contributed by atoms with Crippen LogP contribution in [0.1, 0.15) is 54.4 Å². The number of piperidine rings is 1. The lowest BCUT2D eigenvalue weighted by atomic mass is 9.92. The summed E-state index contributed by atoms with van der Waals surface area (Å²) in [6.07, 6.45) is 10.2. The lowest BCUT2D eigenvalue weighted by Gasteiger charge is -2.34. The zero-order valence-electron chi connectivity index (χ0n) is 23.3. The molecule has 4 bridgehead atoms. The minimum atomic E-state index is -3.45. The van der Waals surface area contributed by atoms with Crippen molar-refractivity contribution in [1.29, 1.82) is 0 Å². The van der Waals surface area contributed by atoms with E-state index in [2.05, 4.69) is 37.4 Å². The average Bonchev–Trinajstić information content (AvgIpc) is 3.28. The topological polar surface area (TPSA) is 121 Å². The van der Waals surface area contributed by atoms with Crippen molar-refractivity contribution < 1.29 is 13.2 Å². The van der Waals surface area contributed by atoms with Crippen molar-refractivity contribution in [3.63, 3.8) is 0 Å². The number of hydrogen-bond donors (Lipinski definition) is 3. The first kappa shape index (κ1) is 27.7. The van der Waals surface area contributed by atoms with Gasteiger partial charge in [-0.15, -0.1) is 0 Å². The lowest BCUT2D eigenvalue weighted by molar-refractivity contribution is 0.102. The van der Waals surface area contributed by atoms with E-state index in [9.17, 15) is 13.2 Å². The van der Waals surface area contributed by atoms with Crippen molar-refractivity contribution in [2.75, 3.05) is 45.6 Å². The van der Waals surface area contributed by atoms with Crippen molar-refractivity contribution in [3.8, 4) is 5.69 Å². The van der Waals surface area contributed by atoms with Gasteiger partial charge < -0.3 is 15.5 Å². The van der Waals surface area contributed by atoms with Crippen molar-refractivity contribution in [3.05, 3.63) is 65.8 Å². The molecule has 1 aromatic carbocycles. The molecule has 40 heavy (non-hydrogen) atoms. The van der Waals surface area contributed by atoms with Crippen LogP contribution in [0, 0.1) is 19.8 Å². The van der Waals surface area contributed by atoms with Crippen molar-refractivity contribution >= 4 is 38.9 Å². The number of sulfonamides is 1. The molecular weight excluding hydrogens is 526 g/mol. The first-order valence-corrected chi connectivity index (χ1v) is 15.5. The smallest absolute Gasteiger partial charge is 0.258 e. The van der Waals surface area contributed by atoms with Crippen LogP contribution in [-0.4, -0.2) is 54.2 Å². The Balaban J connectivity index is 1.52. The van der Waals surface area contributed by atoms with E-state index < -0.39 is 10.0 Å². The average molecular weight is 564 g/mol. The highest BCUT2D eigenvalue weighted by Crippen LogP contribution is 2.32. The van der Waals surface area contributed by atoms with E-state index in [4.69, 9.17) is 4.98 Å². The van der Waals surface area contributed by atoms with Crippen LogP contribution < -0.4 is 20.3 Å². The number of nitrogens with zero attached hydrogens (tertiary/aromatic N) is 4. The number of benzene rings is 1. The number of anilines is 4. The Labute approximate surface area is 236 Å². The standard InChI is InChI=1S/C29H37N7O3S/c1-4-40(38,39)34-23-9-10-24-26(18-23)35-16-13-22(14-17-35)8-6-5-7-15-30-28-25(36-19-31-20(2)21(36)3)11-12-27(32-28)33-29(24)37/h5-6,9-12,18-19,22,34H,4,7-8,13-17H2,1-3H3,(H2,30,32,33,37)/b6-5+. The molecule has 0 spiro atoms. The lowest BCUT2D eigenvalue weighted by Crippen LogP contribution is -2.35. The van der Waals surface area contributed by atoms with Gasteiger partial charge in [0, 0.05) is 25.3 Å². The molecule has 3 aromatic rings. The van der Waals surface area contributed by atoms with Gasteiger partial charge in [0.25, 0.3) is 5.91 Å². The van der Waals surface area contributed by atoms with Crippen LogP contribution in [0.5, 0.6) is 0 Å². The third-order valence-corrected chi connectivity index (χ3v) is 9.02. The molecule has 6 rings (SSSR count). The van der Waals surface area contributed by atoms with Crippen LogP contribution in [0.3, 0.4) is 0 Å². The van der Waals surface area contributed by atoms with Crippen LogP contribution in [-0.2, 0) is 10.0 Å². The molecule has 1 fully saturated rings. The number of carbonyl (C=O) groups is 1. The van der Waals surface area contributed by atoms with E-state index in [0.29, 0.717) is 41.0 Å². The molecule has 3 N–H and O–H groups in total. The highest BCUT2D eigenvalue weighted by Gasteiger charge is 2.24. The minimum Gasteiger partial charge on any atom is -0.371 e. The maximum absolute atomic E-state index is 13.6. The number of nitrogens with one attached hydrogen (secondary N) is 3. The number of hydrogen-bond acceptors (Lipinski definition) is 7. The summed E-state index contributed by atoms with van der Waals surface area (Å²) >= 11 is 0. The fraction of sp³-hybridized carbons (Fsp3) is 0.414. The van der Waals surface area contributed by atoms with E-state index in [1.165, 1.54) is 0 Å². The molecule has 5 heterocycles. The predicted molar refractivity (Wildman–Crippen MR) is 160 cm³/mol. The number of rotatable bonds is 4. The van der Waals surface area contributed by atoms with Gasteiger partial charge in [0.15, 0.2) is 5.82 Å². The van der Waals surface area contributed by atoms with Gasteiger partial charge in [-0.3, -0.25) is 14.1 Å². The van der Waals surface area contributed by atoms with Crippen LogP contribution in [0.2, 0.25) is 0 Å². The Kier molecular flexibility index (Phi) is 8.11. The molecule has 10 nitrogen and oxygen atoms in total. The van der Waals surface area contributed by atoms with Gasteiger partial charge in [0.05, 0.1) is 40.4 Å². The molecule has 3 aliphatic heterocycles. The van der Waals surface area contributed by atoms with Crippen LogP contribution in [0.15, 0.2) is 48.8 Å². The van der Waals surface area contributed by atoms with Crippen LogP contribution in [0.4, 0.5) is 23.0 Å². The number of aromatic nitrogens is 3. The predicted octanol–water partition coefficient (Wildman–Crippen LogP) is 4.88. The number of allylic oxidation sites excluding steroid dienone is 1. The normalized spacial score (nSPS) is 17.5. The van der Waals surface area contributed by atoms with Gasteiger partial charge in [-0.25, -0.2) is 18.4 Å². The van der Waals surface area contributed by atoms with Gasteiger partial charge in [-0.1, -0.05) is 12.2 Å². The molecule has 2 aromatic heterocycles. The molecule has 0 atom stereocenters. The molecule has 1 saturated heterocycles. The third-order valence-electron chi connectivity index (χ3n) is 7.72. The summed E-state index contributed by atoms with van der Waals surface area (Å²) in [4.78, 5) is 25.0. The summed E-state index contributed by atoms with van der Waals surface area (Å²) in [6, 6.07) is 8.81. The number of aryl methyl sites for hydroxylation is 1. The van der Waals surface area contributed by atoms with Gasteiger partial charge in [-0.05, 0) is 82.7 Å². The highest BCUT2D eigenvalue weighted by molar-refractivity contribution is 7.92. The SMILES string of the molecule is CCS(=O)(=O)Nc1ccc2c(c1)N1CCC(C/C=C/CCNc3nc(ccc3-n3cnc(C)c3C)NC2=O)CC1. The van der Waals surface area contributed by atoms with Crippen LogP contribution in [0.25, 0.3) is 5.69 Å². The second-order valence-electron chi connectivity index (χ2n) is 10.4. The van der Waals surface area contributed by atoms with Gasteiger partial charge in [0.2, 0.25) is 10.0 Å². The second kappa shape index (κ2) is 11.7. The van der Waals surface area contributed by atoms with E-state index >= 15 is 0 Å². The monoisotopic (exact) mass is 563 g/mol. The molecule has 0 aliphatic carbocycles. The number of imidazole rings is 1. The van der Waals surface area contributed by atoms with Gasteiger partial charge in [-0.2, -0.15) is 0 Å². The van der Waals surface area contributed by atoms with Gasteiger partial charge in [0.1, 0.15) is 5.82 Å². The summed E-state index contributed by atoms with van der Waals surface area (Å²) in [5.74, 6) is 1.33. The van der Waals surface area contributed by atoms with Crippen molar-refractivity contribution in [1.82, 2.24) is 14.5 Å². The summed E-state index contributed by atoms with van der Waals surface area (Å²) in [5, 5.41) is 6.42. The minimum absolute atomic E-state index is 0.0281. The number of amides is 1. The van der Waals surface area contributed by atoms with Gasteiger partial charge >= 0.3 is 0 Å². The van der Waals surface area contributed by atoms with E-state index in [-0.39, 0.29) is 11.7 Å². The number of fused-ring (bicyclic) bond motifs is 7. The third kappa shape index (κ3) is 6.14. The summed E-state index contributed by atoms with van der Waals surface area (Å²) < 4.78 is 29.1. The van der Waals surface area contributed by atoms with Crippen LogP contribution >= 0.6 is 0 Å². The zero-order chi connectivity index (χ0) is 28.3. The molecule has 3 aliphatic rings. The Hall–Kier alpha value is -3.86. The number of carbonyl (C=O) groups excluding carboxylic acids is 1. The maximum atomic E-state index is 13.6. The fourth-order valence-electron chi connectivity index (χ4n) is 5.16. The molecule has 0 unspecified atom stereocenters. The van der Waals surface area contributed by atoms with E-state index in [0.717, 1.165) is 55.8 Å². The fourth-order valence-corrected chi connectivity index (χ4v) is 5.79. The Bertz CT molecular complexity index is 1520. The molecule has 212 valence electrons. The Morgan fingerprint density at radius 1 is 1.07 bits per heavy atom. The summed E-state index contributed by atoms with van der Waals surface area (Å²) in [5.41, 5.74) is 4.46. The zero-order valence-corrected chi connectivity index (χ0v) is 24.1. The molecule has 0 saturated carbocycles.